The number of nitrogens with zero attached hydrogens (tertiary/aromatic N) is 1. The predicted octanol–water partition coefficient (Wildman–Crippen LogP) is 1.29. The summed E-state index contributed by atoms with van der Waals surface area (Å²) in [7, 11) is 0. The fourth-order valence-corrected chi connectivity index (χ4v) is 8.02. The van der Waals surface area contributed by atoms with Crippen LogP contribution in [0, 0.1) is 11.8 Å². The number of carbonyl (C=O) groups excluding carboxylic acids is 3. The summed E-state index contributed by atoms with van der Waals surface area (Å²) in [6.07, 6.45) is 4.22. The molecule has 0 radical (unpaired) electrons. The molecule has 3 aliphatic rings. The Morgan fingerprint density at radius 2 is 2.00 bits per heavy atom. The van der Waals surface area contributed by atoms with Crippen molar-refractivity contribution >= 4 is 29.5 Å². The molecule has 3 saturated heterocycles. The van der Waals surface area contributed by atoms with Crippen LogP contribution in [-0.2, 0) is 14.4 Å². The minimum absolute atomic E-state index is 0.0249. The Bertz CT molecular complexity index is 674. The van der Waals surface area contributed by atoms with Crippen LogP contribution in [0.4, 0.5) is 0 Å². The Hall–Kier alpha value is -1.28. The number of hydrogen-bond acceptors (Lipinski definition) is 5. The lowest BCUT2D eigenvalue weighted by atomic mass is 9.66. The first-order valence-corrected chi connectivity index (χ1v) is 11.8. The van der Waals surface area contributed by atoms with Crippen molar-refractivity contribution in [2.24, 2.45) is 11.8 Å². The molecule has 0 aliphatic carbocycles. The highest BCUT2D eigenvalue weighted by Gasteiger charge is 2.76. The number of hydrogen-bond donors (Lipinski definition) is 3. The molecule has 3 N–H and O–H groups in total. The van der Waals surface area contributed by atoms with Gasteiger partial charge in [0.1, 0.15) is 6.04 Å². The highest BCUT2D eigenvalue weighted by molar-refractivity contribution is 8.02. The second kappa shape index (κ2) is 8.46. The number of carbonyl (C=O) groups is 3. The minimum atomic E-state index is -0.637. The molecule has 3 heterocycles. The third-order valence-corrected chi connectivity index (χ3v) is 8.79. The lowest BCUT2D eigenvalue weighted by molar-refractivity contribution is -0.141. The van der Waals surface area contributed by atoms with Gasteiger partial charge in [0.05, 0.1) is 23.2 Å². The van der Waals surface area contributed by atoms with Crippen molar-refractivity contribution in [2.75, 3.05) is 19.7 Å². The third kappa shape index (κ3) is 3.56. The van der Waals surface area contributed by atoms with Crippen LogP contribution in [0.25, 0.3) is 0 Å². The van der Waals surface area contributed by atoms with E-state index in [1.807, 2.05) is 13.8 Å². The largest absolute Gasteiger partial charge is 0.395 e. The Morgan fingerprint density at radius 3 is 2.62 bits per heavy atom. The van der Waals surface area contributed by atoms with E-state index >= 15 is 0 Å². The van der Waals surface area contributed by atoms with Crippen molar-refractivity contribution in [2.45, 2.75) is 81.4 Å². The van der Waals surface area contributed by atoms with Crippen LogP contribution in [0.3, 0.4) is 0 Å². The van der Waals surface area contributed by atoms with E-state index in [2.05, 4.69) is 24.5 Å². The zero-order chi connectivity index (χ0) is 21.4. The van der Waals surface area contributed by atoms with Gasteiger partial charge in [-0.1, -0.05) is 20.3 Å². The smallest absolute Gasteiger partial charge is 0.244 e. The average molecular weight is 426 g/mol. The molecule has 8 heteroatoms. The highest BCUT2D eigenvalue weighted by Crippen LogP contribution is 2.71. The van der Waals surface area contributed by atoms with Gasteiger partial charge in [0.15, 0.2) is 0 Å². The molecule has 29 heavy (non-hydrogen) atoms. The van der Waals surface area contributed by atoms with Crippen LogP contribution in [-0.4, -0.2) is 69.0 Å². The van der Waals surface area contributed by atoms with Gasteiger partial charge in [0.25, 0.3) is 0 Å². The van der Waals surface area contributed by atoms with Gasteiger partial charge in [-0.25, -0.2) is 0 Å². The molecule has 0 aromatic heterocycles. The molecule has 3 unspecified atom stereocenters. The fourth-order valence-electron chi connectivity index (χ4n) is 5.66. The SMILES string of the molecule is CCCNC(=O)[C@H]1[C@H]2C(=O)N(CCO)C(C(=O)NC(C)CCC)C23CC[C@]1(C)S3. The van der Waals surface area contributed by atoms with Crippen LogP contribution in [0.1, 0.15) is 59.8 Å². The van der Waals surface area contributed by atoms with Crippen molar-refractivity contribution in [1.82, 2.24) is 15.5 Å². The zero-order valence-electron chi connectivity index (χ0n) is 18.0. The summed E-state index contributed by atoms with van der Waals surface area (Å²) in [6.45, 7) is 8.63. The summed E-state index contributed by atoms with van der Waals surface area (Å²) in [6, 6.07) is -0.612. The van der Waals surface area contributed by atoms with Gasteiger partial charge in [0, 0.05) is 23.9 Å². The molecule has 3 fully saturated rings. The summed E-state index contributed by atoms with van der Waals surface area (Å²) in [4.78, 5) is 41.4. The molecular formula is C21H35N3O4S. The number of likely N-dealkylation sites (tertiary alicyclic amines) is 1. The first-order valence-electron chi connectivity index (χ1n) is 10.9. The topological polar surface area (TPSA) is 98.7 Å². The van der Waals surface area contributed by atoms with Crippen LogP contribution >= 0.6 is 11.8 Å². The standard InChI is InChI=1S/C21H35N3O4S/c1-5-7-13(3)23-18(27)16-21-9-8-20(4,29-21)14(17(26)22-10-6-2)15(21)19(28)24(16)11-12-25/h13-16,25H,5-12H2,1-4H3,(H,22,26)(H,23,27)/t13?,14-,15+,16?,20+,21?/m1/s1. The molecule has 6 atom stereocenters. The number of rotatable bonds is 9. The number of aliphatic hydroxyl groups is 1. The molecule has 3 amide bonds. The van der Waals surface area contributed by atoms with Gasteiger partial charge < -0.3 is 20.6 Å². The lowest BCUT2D eigenvalue weighted by Gasteiger charge is -2.35. The predicted molar refractivity (Wildman–Crippen MR) is 113 cm³/mol. The molecule has 0 saturated carbocycles. The molecule has 164 valence electrons. The molecule has 2 bridgehead atoms. The summed E-state index contributed by atoms with van der Waals surface area (Å²) in [5, 5.41) is 15.6. The Labute approximate surface area is 177 Å². The number of amides is 3. The average Bonchev–Trinajstić information content (AvgIpc) is 3.22. The van der Waals surface area contributed by atoms with E-state index in [1.54, 1.807) is 11.8 Å². The molecule has 7 nitrogen and oxygen atoms in total. The Balaban J connectivity index is 1.95. The van der Waals surface area contributed by atoms with E-state index in [4.69, 9.17) is 0 Å². The quantitative estimate of drug-likeness (QED) is 0.517. The maximum Gasteiger partial charge on any atom is 0.244 e. The second-order valence-corrected chi connectivity index (χ2v) is 10.9. The number of fused-ring (bicyclic) bond motifs is 1. The normalized spacial score (nSPS) is 36.2. The van der Waals surface area contributed by atoms with Crippen molar-refractivity contribution in [3.05, 3.63) is 0 Å². The van der Waals surface area contributed by atoms with E-state index in [-0.39, 0.29) is 41.7 Å². The van der Waals surface area contributed by atoms with E-state index in [0.29, 0.717) is 6.54 Å². The van der Waals surface area contributed by atoms with E-state index < -0.39 is 22.6 Å². The Morgan fingerprint density at radius 1 is 1.28 bits per heavy atom. The monoisotopic (exact) mass is 425 g/mol. The maximum atomic E-state index is 13.5. The summed E-state index contributed by atoms with van der Waals surface area (Å²) in [5.41, 5.74) is 0. The molecule has 0 aromatic carbocycles. The second-order valence-electron chi connectivity index (χ2n) is 8.97. The van der Waals surface area contributed by atoms with Gasteiger partial charge in [-0.15, -0.1) is 11.8 Å². The number of β-amino-alcohol motifs (C(OH)–C–C–N with tert-alkyl or cyclic N) is 1. The minimum Gasteiger partial charge on any atom is -0.395 e. The maximum absolute atomic E-state index is 13.5. The van der Waals surface area contributed by atoms with Gasteiger partial charge in [-0.05, 0) is 39.5 Å². The van der Waals surface area contributed by atoms with Crippen molar-refractivity contribution in [3.8, 4) is 0 Å². The van der Waals surface area contributed by atoms with Gasteiger partial charge in [-0.3, -0.25) is 14.4 Å². The van der Waals surface area contributed by atoms with Crippen molar-refractivity contribution in [3.63, 3.8) is 0 Å². The highest BCUT2D eigenvalue weighted by atomic mass is 32.2. The molecule has 3 rings (SSSR count). The molecule has 1 spiro atoms. The summed E-state index contributed by atoms with van der Waals surface area (Å²) in [5.74, 6) is -1.33. The first-order chi connectivity index (χ1) is 13.8. The van der Waals surface area contributed by atoms with E-state index in [9.17, 15) is 19.5 Å². The molecular weight excluding hydrogens is 390 g/mol. The van der Waals surface area contributed by atoms with Crippen LogP contribution in [0.5, 0.6) is 0 Å². The number of aliphatic hydroxyl groups excluding tert-OH is 1. The van der Waals surface area contributed by atoms with Crippen LogP contribution in [0.15, 0.2) is 0 Å². The zero-order valence-corrected chi connectivity index (χ0v) is 18.8. The van der Waals surface area contributed by atoms with Gasteiger partial charge in [0.2, 0.25) is 17.7 Å². The van der Waals surface area contributed by atoms with E-state index in [0.717, 1.165) is 32.1 Å². The van der Waals surface area contributed by atoms with Gasteiger partial charge in [-0.2, -0.15) is 0 Å². The first kappa shape index (κ1) is 22.4. The summed E-state index contributed by atoms with van der Waals surface area (Å²) < 4.78 is -0.928. The van der Waals surface area contributed by atoms with Crippen molar-refractivity contribution in [1.29, 1.82) is 0 Å². The van der Waals surface area contributed by atoms with E-state index in [1.165, 1.54) is 4.90 Å². The number of nitrogens with one attached hydrogen (secondary N) is 2. The van der Waals surface area contributed by atoms with Crippen LogP contribution < -0.4 is 10.6 Å². The molecule has 0 aromatic rings. The summed E-state index contributed by atoms with van der Waals surface area (Å²) >= 11 is 1.67. The van der Waals surface area contributed by atoms with Crippen molar-refractivity contribution < 1.29 is 19.5 Å². The molecule has 3 aliphatic heterocycles. The third-order valence-electron chi connectivity index (χ3n) is 6.81. The lowest BCUT2D eigenvalue weighted by Crippen LogP contribution is -2.55. The number of thioether (sulfide) groups is 1. The van der Waals surface area contributed by atoms with Crippen LogP contribution in [0.2, 0.25) is 0 Å². The Kier molecular flexibility index (Phi) is 6.53. The van der Waals surface area contributed by atoms with Gasteiger partial charge >= 0.3 is 0 Å². The fraction of sp³-hybridized carbons (Fsp3) is 0.857.